The molecule has 0 atom stereocenters. The van der Waals surface area contributed by atoms with Crippen molar-refractivity contribution in [2.24, 2.45) is 5.10 Å². The number of carbonyl (C=O) groups excluding carboxylic acids is 2. The molecule has 8 nitrogen and oxygen atoms in total. The summed E-state index contributed by atoms with van der Waals surface area (Å²) in [5.41, 5.74) is 6.38. The molecule has 0 unspecified atom stereocenters. The number of carbonyl (C=O) groups is 2. The van der Waals surface area contributed by atoms with Crippen LogP contribution in [0.25, 0.3) is 0 Å². The van der Waals surface area contributed by atoms with E-state index in [1.54, 1.807) is 6.92 Å². The maximum absolute atomic E-state index is 12.1. The molecule has 2 aromatic rings. The molecule has 0 spiro atoms. The van der Waals surface area contributed by atoms with Gasteiger partial charge in [-0.2, -0.15) is 5.10 Å². The van der Waals surface area contributed by atoms with Crippen LogP contribution in [-0.2, 0) is 16.0 Å². The molecular formula is C20H22N4O4. The summed E-state index contributed by atoms with van der Waals surface area (Å²) in [6, 6.07) is 11.4. The van der Waals surface area contributed by atoms with Gasteiger partial charge in [0.1, 0.15) is 0 Å². The van der Waals surface area contributed by atoms with Gasteiger partial charge < -0.3 is 5.32 Å². The normalized spacial score (nSPS) is 11.0. The van der Waals surface area contributed by atoms with Crippen molar-refractivity contribution in [1.29, 1.82) is 0 Å². The van der Waals surface area contributed by atoms with E-state index in [2.05, 4.69) is 15.8 Å². The molecule has 0 aliphatic carbocycles. The van der Waals surface area contributed by atoms with Crippen LogP contribution in [0, 0.1) is 24.0 Å². The standard InChI is InChI=1S/C20H22N4O4/c1-13-4-7-17(10-14(13)2)21-19(25)11-15(3)22-23-20(26)12-16-5-8-18(9-6-16)24(27)28/h4-10H,11-12H2,1-3H3,(H,21,25)(H,23,26). The van der Waals surface area contributed by atoms with Crippen LogP contribution in [0.3, 0.4) is 0 Å². The lowest BCUT2D eigenvalue weighted by atomic mass is 10.1. The summed E-state index contributed by atoms with van der Waals surface area (Å²) in [6.45, 7) is 5.61. The highest BCUT2D eigenvalue weighted by atomic mass is 16.6. The minimum absolute atomic E-state index is 0.0314. The first kappa shape index (κ1) is 20.8. The van der Waals surface area contributed by atoms with Gasteiger partial charge in [-0.25, -0.2) is 5.43 Å². The van der Waals surface area contributed by atoms with Crippen LogP contribution in [0.2, 0.25) is 0 Å². The predicted octanol–water partition coefficient (Wildman–Crippen LogP) is 3.28. The highest BCUT2D eigenvalue weighted by Crippen LogP contribution is 2.14. The van der Waals surface area contributed by atoms with Crippen molar-refractivity contribution < 1.29 is 14.5 Å². The van der Waals surface area contributed by atoms with Gasteiger partial charge in [0.15, 0.2) is 0 Å². The summed E-state index contributed by atoms with van der Waals surface area (Å²) in [6.07, 6.45) is 0.0777. The SMILES string of the molecule is CC(CC(=O)Nc1ccc(C)c(C)c1)=NNC(=O)Cc1ccc([N+](=O)[O-])cc1. The number of non-ortho nitro benzene ring substituents is 1. The monoisotopic (exact) mass is 382 g/mol. The van der Waals surface area contributed by atoms with Gasteiger partial charge in [0, 0.05) is 23.5 Å². The number of nitro groups is 1. The molecule has 0 saturated heterocycles. The van der Waals surface area contributed by atoms with Gasteiger partial charge in [-0.05, 0) is 49.6 Å². The fraction of sp³-hybridized carbons (Fsp3) is 0.250. The molecule has 0 bridgehead atoms. The van der Waals surface area contributed by atoms with Crippen LogP contribution in [0.15, 0.2) is 47.6 Å². The molecule has 28 heavy (non-hydrogen) atoms. The Morgan fingerprint density at radius 1 is 1.04 bits per heavy atom. The lowest BCUT2D eigenvalue weighted by Gasteiger charge is -2.08. The molecule has 0 heterocycles. The van der Waals surface area contributed by atoms with Crippen molar-refractivity contribution in [1.82, 2.24) is 5.43 Å². The summed E-state index contributed by atoms with van der Waals surface area (Å²) < 4.78 is 0. The molecule has 0 aliphatic rings. The third-order valence-electron chi connectivity index (χ3n) is 4.09. The van der Waals surface area contributed by atoms with E-state index in [0.29, 0.717) is 17.0 Å². The quantitative estimate of drug-likeness (QED) is 0.434. The molecule has 0 fully saturated rings. The van der Waals surface area contributed by atoms with E-state index in [1.165, 1.54) is 24.3 Å². The van der Waals surface area contributed by atoms with Crippen LogP contribution in [0.5, 0.6) is 0 Å². The minimum Gasteiger partial charge on any atom is -0.326 e. The molecule has 0 aliphatic heterocycles. The van der Waals surface area contributed by atoms with E-state index < -0.39 is 4.92 Å². The van der Waals surface area contributed by atoms with Crippen LogP contribution in [0.4, 0.5) is 11.4 Å². The summed E-state index contributed by atoms with van der Waals surface area (Å²) in [5.74, 6) is -0.600. The molecule has 2 rings (SSSR count). The molecule has 2 amide bonds. The lowest BCUT2D eigenvalue weighted by Crippen LogP contribution is -2.22. The summed E-state index contributed by atoms with van der Waals surface area (Å²) >= 11 is 0. The van der Waals surface area contributed by atoms with Crippen LogP contribution < -0.4 is 10.7 Å². The molecule has 8 heteroatoms. The Balaban J connectivity index is 1.83. The van der Waals surface area contributed by atoms with E-state index in [-0.39, 0.29) is 30.3 Å². The highest BCUT2D eigenvalue weighted by molar-refractivity contribution is 6.05. The average molecular weight is 382 g/mol. The lowest BCUT2D eigenvalue weighted by molar-refractivity contribution is -0.384. The largest absolute Gasteiger partial charge is 0.326 e. The smallest absolute Gasteiger partial charge is 0.269 e. The van der Waals surface area contributed by atoms with Crippen molar-refractivity contribution in [3.05, 3.63) is 69.3 Å². The summed E-state index contributed by atoms with van der Waals surface area (Å²) in [4.78, 5) is 34.1. The zero-order valence-electron chi connectivity index (χ0n) is 16.0. The molecule has 0 aromatic heterocycles. The number of benzene rings is 2. The molecule has 0 radical (unpaired) electrons. The van der Waals surface area contributed by atoms with E-state index in [9.17, 15) is 19.7 Å². The Bertz CT molecular complexity index is 920. The van der Waals surface area contributed by atoms with Crippen molar-refractivity contribution in [2.45, 2.75) is 33.6 Å². The number of hydrogen-bond acceptors (Lipinski definition) is 5. The predicted molar refractivity (Wildman–Crippen MR) is 107 cm³/mol. The minimum atomic E-state index is -0.500. The van der Waals surface area contributed by atoms with Gasteiger partial charge in [-0.1, -0.05) is 18.2 Å². The molecular weight excluding hydrogens is 360 g/mol. The van der Waals surface area contributed by atoms with Gasteiger partial charge >= 0.3 is 0 Å². The number of aryl methyl sites for hydroxylation is 2. The zero-order valence-corrected chi connectivity index (χ0v) is 16.0. The second-order valence-corrected chi connectivity index (χ2v) is 6.51. The van der Waals surface area contributed by atoms with Crippen LogP contribution in [0.1, 0.15) is 30.0 Å². The maximum atomic E-state index is 12.1. The number of nitro benzene ring substituents is 1. The zero-order chi connectivity index (χ0) is 20.7. The molecule has 2 N–H and O–H groups in total. The Kier molecular flexibility index (Phi) is 6.97. The van der Waals surface area contributed by atoms with Crippen LogP contribution in [-0.4, -0.2) is 22.4 Å². The second kappa shape index (κ2) is 9.40. The number of rotatable bonds is 7. The van der Waals surface area contributed by atoms with Gasteiger partial charge in [0.05, 0.1) is 17.8 Å². The van der Waals surface area contributed by atoms with E-state index in [0.717, 1.165) is 11.1 Å². The Morgan fingerprint density at radius 3 is 2.32 bits per heavy atom. The first-order valence-corrected chi connectivity index (χ1v) is 8.67. The van der Waals surface area contributed by atoms with E-state index in [4.69, 9.17) is 0 Å². The number of hydrazone groups is 1. The van der Waals surface area contributed by atoms with E-state index >= 15 is 0 Å². The fourth-order valence-electron chi connectivity index (χ4n) is 2.41. The second-order valence-electron chi connectivity index (χ2n) is 6.51. The van der Waals surface area contributed by atoms with Gasteiger partial charge in [0.25, 0.3) is 5.69 Å². The van der Waals surface area contributed by atoms with Crippen molar-refractivity contribution in [3.8, 4) is 0 Å². The Labute approximate surface area is 162 Å². The topological polar surface area (TPSA) is 114 Å². The molecule has 146 valence electrons. The average Bonchev–Trinajstić information content (AvgIpc) is 2.63. The third-order valence-corrected chi connectivity index (χ3v) is 4.09. The van der Waals surface area contributed by atoms with Gasteiger partial charge in [-0.3, -0.25) is 19.7 Å². The van der Waals surface area contributed by atoms with Crippen molar-refractivity contribution >= 4 is 28.9 Å². The van der Waals surface area contributed by atoms with Crippen molar-refractivity contribution in [3.63, 3.8) is 0 Å². The Hall–Kier alpha value is -3.55. The highest BCUT2D eigenvalue weighted by Gasteiger charge is 2.08. The van der Waals surface area contributed by atoms with Gasteiger partial charge in [0.2, 0.25) is 11.8 Å². The first-order valence-electron chi connectivity index (χ1n) is 8.67. The fourth-order valence-corrected chi connectivity index (χ4v) is 2.41. The number of anilines is 1. The molecule has 2 aromatic carbocycles. The van der Waals surface area contributed by atoms with Gasteiger partial charge in [-0.15, -0.1) is 0 Å². The number of hydrogen-bond donors (Lipinski definition) is 2. The molecule has 0 saturated carbocycles. The van der Waals surface area contributed by atoms with Crippen LogP contribution >= 0.6 is 0 Å². The third kappa shape index (κ3) is 6.31. The number of nitrogens with one attached hydrogen (secondary N) is 2. The Morgan fingerprint density at radius 2 is 1.71 bits per heavy atom. The first-order chi connectivity index (χ1) is 13.2. The maximum Gasteiger partial charge on any atom is 0.269 e. The van der Waals surface area contributed by atoms with E-state index in [1.807, 2.05) is 32.0 Å². The summed E-state index contributed by atoms with van der Waals surface area (Å²) in [7, 11) is 0. The number of amides is 2. The van der Waals surface area contributed by atoms with Crippen molar-refractivity contribution in [2.75, 3.05) is 5.32 Å². The summed E-state index contributed by atoms with van der Waals surface area (Å²) in [5, 5.41) is 17.3. The number of nitrogens with zero attached hydrogens (tertiary/aromatic N) is 2.